The molecule has 0 fully saturated rings. The molecule has 3 heterocycles. The Bertz CT molecular complexity index is 3240. The maximum absolute atomic E-state index is 15.1. The number of aromatic nitrogens is 4. The first kappa shape index (κ1) is 63.6. The average molecular weight is 1160 g/mol. The number of carboxylic acids is 1. The van der Waals surface area contributed by atoms with Crippen molar-refractivity contribution in [3.05, 3.63) is 120 Å². The smallest absolute Gasteiger partial charge is 0.305 e. The topological polar surface area (TPSA) is 446 Å². The zero-order valence-electron chi connectivity index (χ0n) is 46.3. The second-order valence-electron chi connectivity index (χ2n) is 20.2. The number of unbranched alkanes of at least 4 members (excludes halogenated alkanes) is 2. The summed E-state index contributed by atoms with van der Waals surface area (Å²) in [7, 11) is 0. The van der Waals surface area contributed by atoms with Crippen LogP contribution in [0, 0.1) is 0 Å². The van der Waals surface area contributed by atoms with Gasteiger partial charge in [0.25, 0.3) is 0 Å². The fourth-order valence-electron chi connectivity index (χ4n) is 9.36. The number of para-hydroxylation sites is 2. The van der Waals surface area contributed by atoms with Crippen LogP contribution in [-0.4, -0.2) is 151 Å². The predicted molar refractivity (Wildman–Crippen MR) is 308 cm³/mol. The Labute approximate surface area is 482 Å². The average Bonchev–Trinajstić information content (AvgIpc) is 4.16. The van der Waals surface area contributed by atoms with Gasteiger partial charge < -0.3 is 84.9 Å². The first-order chi connectivity index (χ1) is 40.3. The molecule has 6 rings (SSSR count). The van der Waals surface area contributed by atoms with Crippen molar-refractivity contribution in [3.8, 4) is 5.75 Å². The van der Waals surface area contributed by atoms with E-state index in [0.29, 0.717) is 59.0 Å². The summed E-state index contributed by atoms with van der Waals surface area (Å²) in [6.07, 6.45) is 6.14. The number of benzene rings is 3. The Kier molecular flexibility index (Phi) is 23.9. The molecule has 6 aromatic rings. The largest absolute Gasteiger partial charge is 0.508 e. The molecule has 0 radical (unpaired) electrons. The van der Waals surface area contributed by atoms with Crippen molar-refractivity contribution < 1.29 is 58.2 Å². The molecule has 19 N–H and O–H groups in total. The fourth-order valence-corrected chi connectivity index (χ4v) is 9.36. The zero-order valence-corrected chi connectivity index (χ0v) is 46.3. The number of phenolic OH excluding ortho intramolecular Hbond substituents is 1. The third-order valence-electron chi connectivity index (χ3n) is 13.8. The Balaban J connectivity index is 1.32. The SMILES string of the molecule is CC(=O)NCC(=O)N[C@@H](Cc1c[nH]c2ccccc12)C(=O)N[C@@H](CCCCN)C(=O)N[C@@H](Cc1c[nH]c2ccccc12)C(=O)N[C@@H](Cc1ccc(O)cc1)C(=O)N[C@@H](Cc1c[nH]cn1)C(=O)N[C@@H](CCCCN)C(=O)N[C@@H](CC(=O)O)C(N)=O. The summed E-state index contributed by atoms with van der Waals surface area (Å²) >= 11 is 0. The highest BCUT2D eigenvalue weighted by atomic mass is 16.4. The van der Waals surface area contributed by atoms with Crippen LogP contribution in [0.4, 0.5) is 0 Å². The summed E-state index contributed by atoms with van der Waals surface area (Å²) in [6, 6.07) is 10.2. The number of phenols is 1. The van der Waals surface area contributed by atoms with Crippen molar-refractivity contribution in [2.45, 2.75) is 120 Å². The lowest BCUT2D eigenvalue weighted by atomic mass is 10.00. The standard InChI is InChI=1S/C57H73N15O12/c1-32(73)62-30-49(75)66-46(23-34-27-63-40-12-4-2-10-38(34)40)55(82)67-43(15-7-9-21-59)53(80)71-47(24-35-28-64-41-13-5-3-11-39(35)41)56(83)70-45(22-33-16-18-37(74)19-17-33)54(81)72-48(25-36-29-61-31-65-36)57(84)68-42(14-6-8-20-58)52(79)69-44(51(60)78)26-50(76)77/h2-5,10-13,16-19,27-29,31,42-48,63-64,74H,6-9,14-15,20-26,30,58-59H2,1H3,(H2,60,78)(H,61,65)(H,62,73)(H,66,75)(H,67,82)(H,68,84)(H,69,79)(H,70,83)(H,71,80)(H,72,81)(H,76,77)/t42-,43-,44-,45-,46-,47-,48-/m0/s1. The molecule has 7 atom stereocenters. The van der Waals surface area contributed by atoms with Crippen molar-refractivity contribution in [1.82, 2.24) is 62.5 Å². The number of hydrogen-bond donors (Lipinski definition) is 16. The minimum absolute atomic E-state index is 0.0287. The molecular weight excluding hydrogens is 1090 g/mol. The molecule has 0 unspecified atom stereocenters. The monoisotopic (exact) mass is 1160 g/mol. The van der Waals surface area contributed by atoms with Gasteiger partial charge in [0.2, 0.25) is 53.2 Å². The van der Waals surface area contributed by atoms with Gasteiger partial charge in [-0.2, -0.15) is 0 Å². The first-order valence-corrected chi connectivity index (χ1v) is 27.4. The number of carbonyl (C=O) groups excluding carboxylic acids is 9. The fraction of sp³-hybridized carbons (Fsp3) is 0.386. The van der Waals surface area contributed by atoms with Crippen LogP contribution in [0.25, 0.3) is 21.8 Å². The van der Waals surface area contributed by atoms with Crippen LogP contribution in [0.3, 0.4) is 0 Å². The highest BCUT2D eigenvalue weighted by Gasteiger charge is 2.35. The summed E-state index contributed by atoms with van der Waals surface area (Å²) in [5.41, 5.74) is 20.5. The zero-order chi connectivity index (χ0) is 60.7. The lowest BCUT2D eigenvalue weighted by molar-refractivity contribution is -0.140. The lowest BCUT2D eigenvalue weighted by Gasteiger charge is -2.28. The number of nitrogens with two attached hydrogens (primary N) is 3. The van der Waals surface area contributed by atoms with Gasteiger partial charge in [0, 0.05) is 73.0 Å². The minimum Gasteiger partial charge on any atom is -0.508 e. The molecule has 0 aliphatic heterocycles. The van der Waals surface area contributed by atoms with E-state index in [1.54, 1.807) is 18.5 Å². The number of aliphatic carboxylic acids is 1. The molecule has 0 saturated heterocycles. The lowest BCUT2D eigenvalue weighted by Crippen LogP contribution is -2.61. The van der Waals surface area contributed by atoms with E-state index in [0.717, 1.165) is 10.9 Å². The van der Waals surface area contributed by atoms with Crippen molar-refractivity contribution >= 4 is 80.9 Å². The first-order valence-electron chi connectivity index (χ1n) is 27.4. The molecule has 3 aromatic carbocycles. The van der Waals surface area contributed by atoms with E-state index in [1.807, 2.05) is 42.5 Å². The number of primary amides is 1. The number of amides is 9. The number of carboxylic acid groups (broad SMARTS) is 1. The molecular formula is C57H73N15O12. The second kappa shape index (κ2) is 31.5. The third kappa shape index (κ3) is 19.3. The van der Waals surface area contributed by atoms with Gasteiger partial charge in [-0.25, -0.2) is 4.98 Å². The number of fused-ring (bicyclic) bond motifs is 2. The molecule has 27 heteroatoms. The predicted octanol–water partition coefficient (Wildman–Crippen LogP) is -0.904. The summed E-state index contributed by atoms with van der Waals surface area (Å²) in [5.74, 6) is -9.01. The van der Waals surface area contributed by atoms with Crippen LogP contribution in [0.2, 0.25) is 0 Å². The number of hydrogen-bond acceptors (Lipinski definition) is 14. The highest BCUT2D eigenvalue weighted by Crippen LogP contribution is 2.22. The quantitative estimate of drug-likeness (QED) is 0.0218. The molecule has 448 valence electrons. The third-order valence-corrected chi connectivity index (χ3v) is 13.8. The number of aromatic hydroxyl groups is 1. The van der Waals surface area contributed by atoms with E-state index in [4.69, 9.17) is 17.2 Å². The van der Waals surface area contributed by atoms with Gasteiger partial charge >= 0.3 is 5.97 Å². The van der Waals surface area contributed by atoms with E-state index in [2.05, 4.69) is 62.5 Å². The van der Waals surface area contributed by atoms with E-state index in [-0.39, 0.29) is 57.4 Å². The summed E-state index contributed by atoms with van der Waals surface area (Å²) in [5, 5.41) is 42.1. The van der Waals surface area contributed by atoms with Gasteiger partial charge in [-0.1, -0.05) is 48.5 Å². The number of nitrogens with zero attached hydrogens (tertiary/aromatic N) is 1. The Morgan fingerprint density at radius 3 is 1.43 bits per heavy atom. The van der Waals surface area contributed by atoms with Crippen molar-refractivity contribution in [2.75, 3.05) is 19.6 Å². The van der Waals surface area contributed by atoms with Gasteiger partial charge in [0.1, 0.15) is 48.0 Å². The van der Waals surface area contributed by atoms with Gasteiger partial charge in [0.15, 0.2) is 0 Å². The molecule has 3 aromatic heterocycles. The van der Waals surface area contributed by atoms with Gasteiger partial charge in [-0.05, 0) is 92.6 Å². The number of aromatic amines is 3. The van der Waals surface area contributed by atoms with Crippen LogP contribution in [0.1, 0.15) is 74.3 Å². The number of nitrogens with one attached hydrogen (secondary N) is 11. The highest BCUT2D eigenvalue weighted by molar-refractivity contribution is 5.99. The summed E-state index contributed by atoms with van der Waals surface area (Å²) in [6.45, 7) is 1.28. The molecule has 9 amide bonds. The second-order valence-corrected chi connectivity index (χ2v) is 20.2. The minimum atomic E-state index is -1.63. The Hall–Kier alpha value is -9.63. The number of imidazole rings is 1. The normalized spacial score (nSPS) is 13.7. The molecule has 0 spiro atoms. The van der Waals surface area contributed by atoms with Crippen molar-refractivity contribution in [1.29, 1.82) is 0 Å². The van der Waals surface area contributed by atoms with Gasteiger partial charge in [0.05, 0.1) is 25.0 Å². The van der Waals surface area contributed by atoms with Gasteiger partial charge in [-0.15, -0.1) is 0 Å². The molecule has 0 aliphatic carbocycles. The van der Waals surface area contributed by atoms with Crippen LogP contribution in [0.5, 0.6) is 5.75 Å². The summed E-state index contributed by atoms with van der Waals surface area (Å²) < 4.78 is 0. The summed E-state index contributed by atoms with van der Waals surface area (Å²) in [4.78, 5) is 149. The van der Waals surface area contributed by atoms with E-state index in [9.17, 15) is 53.4 Å². The molecule has 84 heavy (non-hydrogen) atoms. The van der Waals surface area contributed by atoms with Crippen LogP contribution in [-0.2, 0) is 73.6 Å². The number of rotatable bonds is 34. The number of carbonyl (C=O) groups is 10. The van der Waals surface area contributed by atoms with Crippen LogP contribution >= 0.6 is 0 Å². The van der Waals surface area contributed by atoms with E-state index >= 15 is 4.79 Å². The Morgan fingerprint density at radius 1 is 0.536 bits per heavy atom. The van der Waals surface area contributed by atoms with Crippen LogP contribution < -0.4 is 59.7 Å². The maximum Gasteiger partial charge on any atom is 0.305 e. The van der Waals surface area contributed by atoms with Gasteiger partial charge in [-0.3, -0.25) is 47.9 Å². The molecule has 0 saturated carbocycles. The maximum atomic E-state index is 15.1. The number of H-pyrrole nitrogens is 3. The van der Waals surface area contributed by atoms with Crippen LogP contribution in [0.15, 0.2) is 97.7 Å². The van der Waals surface area contributed by atoms with Crippen molar-refractivity contribution in [2.24, 2.45) is 17.2 Å². The molecule has 0 aliphatic rings. The Morgan fingerprint density at radius 2 is 0.976 bits per heavy atom. The molecule has 0 bridgehead atoms. The van der Waals surface area contributed by atoms with E-state index in [1.165, 1.54) is 43.7 Å². The van der Waals surface area contributed by atoms with E-state index < -0.39 is 114 Å². The van der Waals surface area contributed by atoms with Crippen molar-refractivity contribution in [3.63, 3.8) is 0 Å². The molecule has 27 nitrogen and oxygen atoms in total.